The van der Waals surface area contributed by atoms with Gasteiger partial charge >= 0.3 is 0 Å². The van der Waals surface area contributed by atoms with Crippen LogP contribution in [0.1, 0.15) is 53.7 Å². The van der Waals surface area contributed by atoms with Crippen molar-refractivity contribution in [3.63, 3.8) is 0 Å². The summed E-state index contributed by atoms with van der Waals surface area (Å²) >= 11 is 0. The van der Waals surface area contributed by atoms with Crippen LogP contribution in [0.4, 0.5) is 5.82 Å². The smallest absolute Gasteiger partial charge is 0.251 e. The molecule has 0 aliphatic carbocycles. The van der Waals surface area contributed by atoms with Crippen LogP contribution in [0.5, 0.6) is 0 Å². The standard InChI is InChI=1S/C24H30N6O/c1-17-13-19(8-9-21(17)24(31)28-12-5-3-4-10-25)22-15-27-16-23(30-22)29-18(2)20-7-6-11-26-14-20/h6-9,11,13-16,18H,3-5,10,12,25H2,1-2H3,(H,28,31)(H,29,30). The lowest BCUT2D eigenvalue weighted by atomic mass is 10.0. The molecule has 0 saturated carbocycles. The summed E-state index contributed by atoms with van der Waals surface area (Å²) in [5, 5.41) is 6.35. The van der Waals surface area contributed by atoms with Crippen LogP contribution in [0, 0.1) is 6.92 Å². The Morgan fingerprint density at radius 1 is 1.10 bits per heavy atom. The Morgan fingerprint density at radius 3 is 2.71 bits per heavy atom. The van der Waals surface area contributed by atoms with E-state index in [2.05, 4.69) is 27.5 Å². The summed E-state index contributed by atoms with van der Waals surface area (Å²) in [6, 6.07) is 9.72. The maximum absolute atomic E-state index is 12.5. The molecule has 0 aliphatic heterocycles. The number of nitrogens with one attached hydrogen (secondary N) is 2. The van der Waals surface area contributed by atoms with Crippen molar-refractivity contribution in [2.24, 2.45) is 5.73 Å². The van der Waals surface area contributed by atoms with E-state index in [1.165, 1.54) is 0 Å². The third kappa shape index (κ3) is 6.33. The van der Waals surface area contributed by atoms with E-state index in [-0.39, 0.29) is 11.9 Å². The Bertz CT molecular complexity index is 992. The number of hydrogen-bond donors (Lipinski definition) is 3. The number of benzene rings is 1. The molecule has 3 rings (SSSR count). The summed E-state index contributed by atoms with van der Waals surface area (Å²) < 4.78 is 0. The molecule has 1 atom stereocenters. The minimum absolute atomic E-state index is 0.0518. The van der Waals surface area contributed by atoms with Gasteiger partial charge in [-0.15, -0.1) is 0 Å². The van der Waals surface area contributed by atoms with Crippen molar-refractivity contribution in [2.75, 3.05) is 18.4 Å². The Balaban J connectivity index is 1.67. The number of aromatic nitrogens is 3. The van der Waals surface area contributed by atoms with E-state index in [1.807, 2.05) is 43.5 Å². The zero-order valence-corrected chi connectivity index (χ0v) is 18.1. The number of carbonyl (C=O) groups is 1. The minimum atomic E-state index is -0.0522. The van der Waals surface area contributed by atoms with Gasteiger partial charge in [0.15, 0.2) is 0 Å². The van der Waals surface area contributed by atoms with Gasteiger partial charge in [0.2, 0.25) is 0 Å². The Labute approximate surface area is 183 Å². The number of anilines is 1. The molecule has 0 radical (unpaired) electrons. The Hall–Kier alpha value is -3.32. The van der Waals surface area contributed by atoms with Gasteiger partial charge in [-0.3, -0.25) is 14.8 Å². The van der Waals surface area contributed by atoms with E-state index >= 15 is 0 Å². The zero-order valence-electron chi connectivity index (χ0n) is 18.1. The van der Waals surface area contributed by atoms with Crippen molar-refractivity contribution in [1.29, 1.82) is 0 Å². The van der Waals surface area contributed by atoms with Crippen molar-refractivity contribution in [3.8, 4) is 11.3 Å². The van der Waals surface area contributed by atoms with Crippen molar-refractivity contribution >= 4 is 11.7 Å². The van der Waals surface area contributed by atoms with Crippen molar-refractivity contribution in [3.05, 3.63) is 71.8 Å². The second kappa shape index (κ2) is 11.2. The second-order valence-corrected chi connectivity index (χ2v) is 7.58. The molecular formula is C24H30N6O. The van der Waals surface area contributed by atoms with Crippen molar-refractivity contribution < 1.29 is 4.79 Å². The lowest BCUT2D eigenvalue weighted by Gasteiger charge is -2.15. The third-order valence-corrected chi connectivity index (χ3v) is 5.12. The van der Waals surface area contributed by atoms with Gasteiger partial charge in [0.25, 0.3) is 5.91 Å². The summed E-state index contributed by atoms with van der Waals surface area (Å²) in [6.45, 7) is 5.34. The summed E-state index contributed by atoms with van der Waals surface area (Å²) in [5.41, 5.74) is 9.82. The van der Waals surface area contributed by atoms with Gasteiger partial charge in [0.1, 0.15) is 5.82 Å². The number of pyridine rings is 1. The van der Waals surface area contributed by atoms with Crippen LogP contribution >= 0.6 is 0 Å². The van der Waals surface area contributed by atoms with E-state index in [4.69, 9.17) is 10.7 Å². The molecular weight excluding hydrogens is 388 g/mol. The number of nitrogens with zero attached hydrogens (tertiary/aromatic N) is 3. The highest BCUT2D eigenvalue weighted by Crippen LogP contribution is 2.23. The number of unbranched alkanes of at least 4 members (excludes halogenated alkanes) is 2. The fraction of sp³-hybridized carbons (Fsp3) is 0.333. The molecule has 2 heterocycles. The van der Waals surface area contributed by atoms with Gasteiger partial charge in [0, 0.05) is 30.1 Å². The molecule has 0 fully saturated rings. The maximum atomic E-state index is 12.5. The molecule has 3 aromatic rings. The normalized spacial score (nSPS) is 11.7. The zero-order chi connectivity index (χ0) is 22.1. The first-order valence-corrected chi connectivity index (χ1v) is 10.7. The summed E-state index contributed by atoms with van der Waals surface area (Å²) in [4.78, 5) is 25.7. The predicted octanol–water partition coefficient (Wildman–Crippen LogP) is 3.88. The van der Waals surface area contributed by atoms with Crippen molar-refractivity contribution in [1.82, 2.24) is 20.3 Å². The van der Waals surface area contributed by atoms with Gasteiger partial charge in [-0.1, -0.05) is 18.6 Å². The van der Waals surface area contributed by atoms with Gasteiger partial charge in [-0.05, 0) is 62.6 Å². The van der Waals surface area contributed by atoms with Crippen LogP contribution in [0.15, 0.2) is 55.1 Å². The lowest BCUT2D eigenvalue weighted by Crippen LogP contribution is -2.25. The average molecular weight is 419 g/mol. The van der Waals surface area contributed by atoms with E-state index in [1.54, 1.807) is 18.6 Å². The van der Waals surface area contributed by atoms with Crippen LogP contribution in [0.2, 0.25) is 0 Å². The number of carbonyl (C=O) groups excluding carboxylic acids is 1. The first-order chi connectivity index (χ1) is 15.1. The van der Waals surface area contributed by atoms with Crippen molar-refractivity contribution in [2.45, 2.75) is 39.2 Å². The molecule has 0 aliphatic rings. The molecule has 7 heteroatoms. The molecule has 31 heavy (non-hydrogen) atoms. The first kappa shape index (κ1) is 22.4. The number of rotatable bonds is 10. The molecule has 7 nitrogen and oxygen atoms in total. The minimum Gasteiger partial charge on any atom is -0.362 e. The quantitative estimate of drug-likeness (QED) is 0.432. The predicted molar refractivity (Wildman–Crippen MR) is 124 cm³/mol. The summed E-state index contributed by atoms with van der Waals surface area (Å²) in [7, 11) is 0. The Morgan fingerprint density at radius 2 is 1.97 bits per heavy atom. The SMILES string of the molecule is Cc1cc(-c2cncc(NC(C)c3cccnc3)n2)ccc1C(=O)NCCCCCN. The van der Waals surface area contributed by atoms with Crippen LogP contribution < -0.4 is 16.4 Å². The highest BCUT2D eigenvalue weighted by Gasteiger charge is 2.12. The third-order valence-electron chi connectivity index (χ3n) is 5.12. The second-order valence-electron chi connectivity index (χ2n) is 7.58. The number of hydrogen-bond acceptors (Lipinski definition) is 6. The molecule has 1 amide bonds. The molecule has 0 bridgehead atoms. The monoisotopic (exact) mass is 418 g/mol. The average Bonchev–Trinajstić information content (AvgIpc) is 2.79. The van der Waals surface area contributed by atoms with Gasteiger partial charge < -0.3 is 16.4 Å². The van der Waals surface area contributed by atoms with Crippen LogP contribution in [-0.4, -0.2) is 33.9 Å². The van der Waals surface area contributed by atoms with Crippen LogP contribution in [0.25, 0.3) is 11.3 Å². The van der Waals surface area contributed by atoms with E-state index in [9.17, 15) is 4.79 Å². The van der Waals surface area contributed by atoms with E-state index < -0.39 is 0 Å². The molecule has 4 N–H and O–H groups in total. The molecule has 1 unspecified atom stereocenters. The molecule has 2 aromatic heterocycles. The number of amides is 1. The molecule has 162 valence electrons. The lowest BCUT2D eigenvalue weighted by molar-refractivity contribution is 0.0952. The highest BCUT2D eigenvalue weighted by molar-refractivity contribution is 5.96. The molecule has 1 aromatic carbocycles. The summed E-state index contributed by atoms with van der Waals surface area (Å²) in [5.74, 6) is 0.634. The maximum Gasteiger partial charge on any atom is 0.251 e. The summed E-state index contributed by atoms with van der Waals surface area (Å²) in [6.07, 6.45) is 9.97. The fourth-order valence-electron chi connectivity index (χ4n) is 3.33. The molecule has 0 saturated heterocycles. The Kier molecular flexibility index (Phi) is 8.06. The van der Waals surface area contributed by atoms with E-state index in [0.29, 0.717) is 24.5 Å². The number of nitrogens with two attached hydrogens (primary N) is 1. The number of aryl methyl sites for hydroxylation is 1. The van der Waals surface area contributed by atoms with Gasteiger partial charge in [0.05, 0.1) is 24.1 Å². The first-order valence-electron chi connectivity index (χ1n) is 10.7. The molecule has 0 spiro atoms. The van der Waals surface area contributed by atoms with Crippen LogP contribution in [0.3, 0.4) is 0 Å². The fourth-order valence-corrected chi connectivity index (χ4v) is 3.33. The van der Waals surface area contributed by atoms with Crippen LogP contribution in [-0.2, 0) is 0 Å². The van der Waals surface area contributed by atoms with Gasteiger partial charge in [-0.2, -0.15) is 0 Å². The topological polar surface area (TPSA) is 106 Å². The van der Waals surface area contributed by atoms with Gasteiger partial charge in [-0.25, -0.2) is 4.98 Å². The van der Waals surface area contributed by atoms with E-state index in [0.717, 1.165) is 41.6 Å². The largest absolute Gasteiger partial charge is 0.362 e. The highest BCUT2D eigenvalue weighted by atomic mass is 16.1.